The molecule has 0 unspecified atom stereocenters. The van der Waals surface area contributed by atoms with Gasteiger partial charge in [-0.05, 0) is 43.3 Å². The number of hydrogen-bond acceptors (Lipinski definition) is 7. The van der Waals surface area contributed by atoms with Crippen LogP contribution in [0.1, 0.15) is 28.3 Å². The number of nitrogens with zero attached hydrogens (tertiary/aromatic N) is 7. The molecule has 9 nitrogen and oxygen atoms in total. The highest BCUT2D eigenvalue weighted by molar-refractivity contribution is 6.30. The van der Waals surface area contributed by atoms with Crippen LogP contribution in [-0.4, -0.2) is 41.5 Å². The first-order valence-corrected chi connectivity index (χ1v) is 12.3. The number of aryl methyl sites for hydroxylation is 1. The minimum absolute atomic E-state index is 0.333. The standard InChI is InChI=1S/C28H20ClN7O2/c1-16-22-23(20-10-3-4-11-21(20)37-2)24-26-32-25(17-7-6-12-30-14-17)34-35(26)15-31-27(24)38-28(22)36(33-16)19-9-5-8-18(29)13-19/h3-15,23H,1-2H3/t23-/m1/s1. The molecular weight excluding hydrogens is 502 g/mol. The smallest absolute Gasteiger partial charge is 0.230 e. The molecule has 2 aromatic carbocycles. The second kappa shape index (κ2) is 8.67. The molecule has 1 aliphatic heterocycles. The van der Waals surface area contributed by atoms with Crippen LogP contribution in [0.2, 0.25) is 5.02 Å². The Morgan fingerprint density at radius 1 is 1.00 bits per heavy atom. The van der Waals surface area contributed by atoms with E-state index in [2.05, 4.69) is 15.1 Å². The molecule has 0 radical (unpaired) electrons. The first-order chi connectivity index (χ1) is 18.6. The fraction of sp³-hybridized carbons (Fsp3) is 0.107. The zero-order chi connectivity index (χ0) is 25.8. The Morgan fingerprint density at radius 2 is 1.89 bits per heavy atom. The Labute approximate surface area is 222 Å². The summed E-state index contributed by atoms with van der Waals surface area (Å²) in [5.74, 6) is 1.94. The van der Waals surface area contributed by atoms with Crippen LogP contribution in [-0.2, 0) is 0 Å². The molecule has 7 rings (SSSR count). The fourth-order valence-corrected chi connectivity index (χ4v) is 5.18. The van der Waals surface area contributed by atoms with Crippen molar-refractivity contribution in [3.8, 4) is 34.6 Å². The molecule has 1 aliphatic rings. The molecule has 0 bridgehead atoms. The second-order valence-corrected chi connectivity index (χ2v) is 9.32. The van der Waals surface area contributed by atoms with Crippen molar-refractivity contribution in [2.45, 2.75) is 12.8 Å². The molecule has 186 valence electrons. The highest BCUT2D eigenvalue weighted by atomic mass is 35.5. The first kappa shape index (κ1) is 22.4. The molecule has 0 saturated heterocycles. The molecule has 6 aromatic rings. The van der Waals surface area contributed by atoms with E-state index in [-0.39, 0.29) is 5.92 Å². The third kappa shape index (κ3) is 3.43. The lowest BCUT2D eigenvalue weighted by atomic mass is 9.84. The highest BCUT2D eigenvalue weighted by Crippen LogP contribution is 2.51. The highest BCUT2D eigenvalue weighted by Gasteiger charge is 2.39. The van der Waals surface area contributed by atoms with Gasteiger partial charge < -0.3 is 9.47 Å². The van der Waals surface area contributed by atoms with Crippen LogP contribution in [0.4, 0.5) is 0 Å². The minimum Gasteiger partial charge on any atom is -0.496 e. The summed E-state index contributed by atoms with van der Waals surface area (Å²) in [4.78, 5) is 13.8. The van der Waals surface area contributed by atoms with Crippen molar-refractivity contribution in [3.63, 3.8) is 0 Å². The van der Waals surface area contributed by atoms with Crippen LogP contribution in [0.15, 0.2) is 79.4 Å². The summed E-state index contributed by atoms with van der Waals surface area (Å²) in [5.41, 5.74) is 5.63. The first-order valence-electron chi connectivity index (χ1n) is 11.9. The quantitative estimate of drug-likeness (QED) is 0.296. The Hall–Kier alpha value is -4.76. The lowest BCUT2D eigenvalue weighted by Gasteiger charge is -2.27. The number of rotatable bonds is 4. The van der Waals surface area contributed by atoms with Crippen LogP contribution in [0.3, 0.4) is 0 Å². The largest absolute Gasteiger partial charge is 0.496 e. The summed E-state index contributed by atoms with van der Waals surface area (Å²) in [7, 11) is 1.67. The minimum atomic E-state index is -0.333. The number of hydrogen-bond donors (Lipinski definition) is 0. The van der Waals surface area contributed by atoms with E-state index in [1.54, 1.807) is 35.0 Å². The van der Waals surface area contributed by atoms with Gasteiger partial charge in [0.15, 0.2) is 11.5 Å². The molecule has 0 N–H and O–H groups in total. The van der Waals surface area contributed by atoms with Crippen LogP contribution < -0.4 is 9.47 Å². The van der Waals surface area contributed by atoms with Crippen molar-refractivity contribution in [1.29, 1.82) is 0 Å². The third-order valence-corrected chi connectivity index (χ3v) is 6.88. The maximum absolute atomic E-state index is 6.48. The van der Waals surface area contributed by atoms with E-state index < -0.39 is 0 Å². The summed E-state index contributed by atoms with van der Waals surface area (Å²) in [5, 5.41) is 10.2. The predicted octanol–water partition coefficient (Wildman–Crippen LogP) is 5.63. The van der Waals surface area contributed by atoms with Gasteiger partial charge in [-0.25, -0.2) is 19.2 Å². The van der Waals surface area contributed by atoms with Crippen molar-refractivity contribution >= 4 is 17.2 Å². The molecular formula is C28H20ClN7O2. The summed E-state index contributed by atoms with van der Waals surface area (Å²) < 4.78 is 15.7. The molecule has 5 heterocycles. The monoisotopic (exact) mass is 521 g/mol. The van der Waals surface area contributed by atoms with Gasteiger partial charge in [0, 0.05) is 28.5 Å². The number of ether oxygens (including phenoxy) is 2. The molecule has 0 amide bonds. The van der Waals surface area contributed by atoms with Gasteiger partial charge in [0.05, 0.1) is 35.5 Å². The fourth-order valence-electron chi connectivity index (χ4n) is 4.99. The van der Waals surface area contributed by atoms with Crippen molar-refractivity contribution in [3.05, 3.63) is 107 Å². The van der Waals surface area contributed by atoms with Gasteiger partial charge in [-0.3, -0.25) is 4.98 Å². The zero-order valence-electron chi connectivity index (χ0n) is 20.4. The lowest BCUT2D eigenvalue weighted by molar-refractivity contribution is 0.393. The van der Waals surface area contributed by atoms with Gasteiger partial charge in [-0.1, -0.05) is 35.9 Å². The summed E-state index contributed by atoms with van der Waals surface area (Å²) >= 11 is 6.31. The second-order valence-electron chi connectivity index (χ2n) is 8.88. The zero-order valence-corrected chi connectivity index (χ0v) is 21.2. The molecule has 38 heavy (non-hydrogen) atoms. The van der Waals surface area contributed by atoms with E-state index in [9.17, 15) is 0 Å². The predicted molar refractivity (Wildman–Crippen MR) is 141 cm³/mol. The maximum Gasteiger partial charge on any atom is 0.230 e. The maximum atomic E-state index is 6.48. The Balaban J connectivity index is 1.52. The number of pyridine rings is 1. The van der Waals surface area contributed by atoms with Gasteiger partial charge >= 0.3 is 0 Å². The summed E-state index contributed by atoms with van der Waals surface area (Å²) in [6, 6.07) is 19.2. The van der Waals surface area contributed by atoms with Gasteiger partial charge in [0.1, 0.15) is 12.1 Å². The average Bonchev–Trinajstić information content (AvgIpc) is 3.54. The number of methoxy groups -OCH3 is 1. The molecule has 1 atom stereocenters. The lowest BCUT2D eigenvalue weighted by Crippen LogP contribution is -2.16. The summed E-state index contributed by atoms with van der Waals surface area (Å²) in [6.07, 6.45) is 5.06. The van der Waals surface area contributed by atoms with E-state index >= 15 is 0 Å². The van der Waals surface area contributed by atoms with Crippen molar-refractivity contribution < 1.29 is 9.47 Å². The molecule has 0 spiro atoms. The normalized spacial score (nSPS) is 14.1. The average molecular weight is 522 g/mol. The van der Waals surface area contributed by atoms with E-state index in [1.807, 2.05) is 67.6 Å². The van der Waals surface area contributed by atoms with Crippen LogP contribution in [0.25, 0.3) is 22.7 Å². The number of aromatic nitrogens is 7. The number of halogens is 1. The van der Waals surface area contributed by atoms with E-state index in [0.717, 1.165) is 39.4 Å². The van der Waals surface area contributed by atoms with Gasteiger partial charge in [-0.15, -0.1) is 5.10 Å². The Kier molecular flexibility index (Phi) is 5.12. The SMILES string of the molecule is COc1ccccc1[C@@H]1c2c(C)nn(-c3cccc(Cl)c3)c2Oc2ncn3nc(-c4cccnc4)nc3c21. The Morgan fingerprint density at radius 3 is 2.71 bits per heavy atom. The number of benzene rings is 2. The van der Waals surface area contributed by atoms with E-state index in [4.69, 9.17) is 31.2 Å². The van der Waals surface area contributed by atoms with Gasteiger partial charge in [-0.2, -0.15) is 5.10 Å². The van der Waals surface area contributed by atoms with E-state index in [0.29, 0.717) is 28.3 Å². The number of fused-ring (bicyclic) bond motifs is 4. The van der Waals surface area contributed by atoms with Crippen LogP contribution in [0.5, 0.6) is 17.5 Å². The van der Waals surface area contributed by atoms with Crippen molar-refractivity contribution in [1.82, 2.24) is 34.3 Å². The molecule has 0 fully saturated rings. The number of para-hydroxylation sites is 1. The third-order valence-electron chi connectivity index (χ3n) is 6.64. The van der Waals surface area contributed by atoms with Gasteiger partial charge in [0.25, 0.3) is 0 Å². The topological polar surface area (TPSA) is 92.2 Å². The van der Waals surface area contributed by atoms with Crippen LogP contribution in [0, 0.1) is 6.92 Å². The van der Waals surface area contributed by atoms with Gasteiger partial charge in [0.2, 0.25) is 11.8 Å². The van der Waals surface area contributed by atoms with Crippen molar-refractivity contribution in [2.24, 2.45) is 0 Å². The molecule has 0 aliphatic carbocycles. The molecule has 10 heteroatoms. The van der Waals surface area contributed by atoms with Crippen molar-refractivity contribution in [2.75, 3.05) is 7.11 Å². The van der Waals surface area contributed by atoms with Crippen LogP contribution >= 0.6 is 11.6 Å². The molecule has 4 aromatic heterocycles. The molecule has 0 saturated carbocycles. The summed E-state index contributed by atoms with van der Waals surface area (Å²) in [6.45, 7) is 1.97. The van der Waals surface area contributed by atoms with E-state index in [1.165, 1.54) is 0 Å². The Bertz CT molecular complexity index is 1830.